The van der Waals surface area contributed by atoms with Gasteiger partial charge in [0, 0.05) is 37.3 Å². The topological polar surface area (TPSA) is 84.6 Å². The van der Waals surface area contributed by atoms with Gasteiger partial charge in [-0.3, -0.25) is 0 Å². The van der Waals surface area contributed by atoms with Crippen molar-refractivity contribution in [3.63, 3.8) is 0 Å². The van der Waals surface area contributed by atoms with Crippen LogP contribution in [0.3, 0.4) is 0 Å². The fraction of sp³-hybridized carbons (Fsp3) is 0.667. The van der Waals surface area contributed by atoms with E-state index in [1.165, 1.54) is 0 Å². The lowest BCUT2D eigenvalue weighted by Gasteiger charge is -2.47. The zero-order valence-electron chi connectivity index (χ0n) is 16.9. The predicted molar refractivity (Wildman–Crippen MR) is 104 cm³/mol. The van der Waals surface area contributed by atoms with Gasteiger partial charge in [-0.05, 0) is 18.4 Å². The zero-order chi connectivity index (χ0) is 21.0. The van der Waals surface area contributed by atoms with Crippen molar-refractivity contribution in [3.8, 4) is 0 Å². The van der Waals surface area contributed by atoms with Crippen molar-refractivity contribution in [1.82, 2.24) is 5.32 Å². The second-order valence-corrected chi connectivity index (χ2v) is 8.78. The molecule has 28 heavy (non-hydrogen) atoms. The van der Waals surface area contributed by atoms with Crippen LogP contribution in [0.1, 0.15) is 52.0 Å². The largest absolute Gasteiger partial charge is 0.439 e. The first-order chi connectivity index (χ1) is 13.0. The fourth-order valence-electron chi connectivity index (χ4n) is 3.91. The van der Waals surface area contributed by atoms with Gasteiger partial charge < -0.3 is 20.9 Å². The SMILES string of the molecule is CC(C)(C)[C@](Cc1ccccc1)(OC(N)=O)[C@H](O)CNC1CCC(F)(F)CC1. The number of carbonyl (C=O) groups is 1. The number of ether oxygens (including phenoxy) is 1. The number of nitrogens with two attached hydrogens (primary N) is 1. The highest BCUT2D eigenvalue weighted by Gasteiger charge is 2.51. The highest BCUT2D eigenvalue weighted by Crippen LogP contribution is 2.40. The number of amides is 1. The number of nitrogens with one attached hydrogen (secondary N) is 1. The number of aliphatic hydroxyl groups is 1. The van der Waals surface area contributed by atoms with Crippen LogP contribution in [0.15, 0.2) is 30.3 Å². The van der Waals surface area contributed by atoms with Crippen LogP contribution in [-0.2, 0) is 11.2 Å². The van der Waals surface area contributed by atoms with Crippen LogP contribution in [0.4, 0.5) is 13.6 Å². The van der Waals surface area contributed by atoms with Crippen molar-refractivity contribution in [1.29, 1.82) is 0 Å². The van der Waals surface area contributed by atoms with Crippen molar-refractivity contribution in [2.24, 2.45) is 11.1 Å². The van der Waals surface area contributed by atoms with E-state index < -0.39 is 29.1 Å². The summed E-state index contributed by atoms with van der Waals surface area (Å²) in [5.74, 6) is -2.60. The molecule has 0 aromatic heterocycles. The van der Waals surface area contributed by atoms with E-state index in [1.807, 2.05) is 51.1 Å². The van der Waals surface area contributed by atoms with Crippen LogP contribution >= 0.6 is 0 Å². The Hall–Kier alpha value is -1.73. The Kier molecular flexibility index (Phi) is 7.04. The number of alkyl halides is 2. The monoisotopic (exact) mass is 398 g/mol. The molecular weight excluding hydrogens is 366 g/mol. The second kappa shape index (κ2) is 8.74. The normalized spacial score (nSPS) is 20.9. The molecule has 158 valence electrons. The first-order valence-corrected chi connectivity index (χ1v) is 9.77. The van der Waals surface area contributed by atoms with Crippen molar-refractivity contribution < 1.29 is 23.4 Å². The Morgan fingerprint density at radius 1 is 1.29 bits per heavy atom. The maximum Gasteiger partial charge on any atom is 0.405 e. The van der Waals surface area contributed by atoms with E-state index in [0.717, 1.165) is 5.56 Å². The highest BCUT2D eigenvalue weighted by atomic mass is 19.3. The first-order valence-electron chi connectivity index (χ1n) is 9.77. The number of aliphatic hydroxyl groups excluding tert-OH is 1. The van der Waals surface area contributed by atoms with Gasteiger partial charge in [-0.2, -0.15) is 0 Å². The molecule has 5 nitrogen and oxygen atoms in total. The molecule has 1 aliphatic rings. The van der Waals surface area contributed by atoms with Gasteiger partial charge in [-0.1, -0.05) is 51.1 Å². The molecule has 7 heteroatoms. The quantitative estimate of drug-likeness (QED) is 0.655. The van der Waals surface area contributed by atoms with Gasteiger partial charge in [0.15, 0.2) is 0 Å². The lowest BCUT2D eigenvalue weighted by molar-refractivity contribution is -0.141. The molecule has 0 saturated heterocycles. The molecule has 0 bridgehead atoms. The van der Waals surface area contributed by atoms with E-state index in [-0.39, 0.29) is 31.8 Å². The molecule has 1 aliphatic carbocycles. The van der Waals surface area contributed by atoms with Crippen molar-refractivity contribution in [3.05, 3.63) is 35.9 Å². The third-order valence-corrected chi connectivity index (χ3v) is 5.72. The fourth-order valence-corrected chi connectivity index (χ4v) is 3.91. The summed E-state index contributed by atoms with van der Waals surface area (Å²) < 4.78 is 32.3. The summed E-state index contributed by atoms with van der Waals surface area (Å²) in [6.07, 6.45) is -1.37. The third kappa shape index (κ3) is 5.64. The van der Waals surface area contributed by atoms with E-state index in [2.05, 4.69) is 5.32 Å². The van der Waals surface area contributed by atoms with Crippen molar-refractivity contribution in [2.75, 3.05) is 6.54 Å². The molecule has 2 atom stereocenters. The molecule has 0 spiro atoms. The number of hydrogen-bond donors (Lipinski definition) is 3. The summed E-state index contributed by atoms with van der Waals surface area (Å²) in [5, 5.41) is 14.3. The summed E-state index contributed by atoms with van der Waals surface area (Å²) in [6, 6.07) is 9.33. The van der Waals surface area contributed by atoms with Crippen LogP contribution in [0, 0.1) is 5.41 Å². The maximum absolute atomic E-state index is 13.4. The molecule has 0 heterocycles. The van der Waals surface area contributed by atoms with E-state index in [4.69, 9.17) is 10.5 Å². The lowest BCUT2D eigenvalue weighted by atomic mass is 9.69. The molecule has 1 saturated carbocycles. The Balaban J connectivity index is 2.18. The number of rotatable bonds is 7. The first kappa shape index (κ1) is 22.6. The second-order valence-electron chi connectivity index (χ2n) is 8.78. The minimum atomic E-state index is -2.60. The smallest absolute Gasteiger partial charge is 0.405 e. The van der Waals surface area contributed by atoms with E-state index in [0.29, 0.717) is 12.8 Å². The van der Waals surface area contributed by atoms with Gasteiger partial charge in [-0.15, -0.1) is 0 Å². The van der Waals surface area contributed by atoms with Gasteiger partial charge in [0.2, 0.25) is 5.92 Å². The summed E-state index contributed by atoms with van der Waals surface area (Å²) >= 11 is 0. The molecule has 0 unspecified atom stereocenters. The lowest BCUT2D eigenvalue weighted by Crippen LogP contribution is -2.61. The highest BCUT2D eigenvalue weighted by molar-refractivity contribution is 5.65. The third-order valence-electron chi connectivity index (χ3n) is 5.72. The van der Waals surface area contributed by atoms with Crippen LogP contribution in [0.2, 0.25) is 0 Å². The van der Waals surface area contributed by atoms with Crippen LogP contribution in [0.25, 0.3) is 0 Å². The van der Waals surface area contributed by atoms with Gasteiger partial charge >= 0.3 is 6.09 Å². The number of hydrogen-bond acceptors (Lipinski definition) is 4. The molecule has 1 aromatic carbocycles. The minimum absolute atomic E-state index is 0.0998. The molecule has 0 radical (unpaired) electrons. The Bertz CT molecular complexity index is 639. The Morgan fingerprint density at radius 2 is 1.86 bits per heavy atom. The molecule has 1 fully saturated rings. The Morgan fingerprint density at radius 3 is 2.36 bits per heavy atom. The minimum Gasteiger partial charge on any atom is -0.439 e. The van der Waals surface area contributed by atoms with Gasteiger partial charge in [-0.25, -0.2) is 13.6 Å². The molecule has 1 aromatic rings. The van der Waals surface area contributed by atoms with Gasteiger partial charge in [0.05, 0.1) is 0 Å². The Labute approximate surface area is 165 Å². The van der Waals surface area contributed by atoms with Gasteiger partial charge in [0.25, 0.3) is 0 Å². The number of primary amides is 1. The predicted octanol–water partition coefficient (Wildman–Crippen LogP) is 3.64. The number of benzene rings is 1. The molecule has 1 amide bonds. The molecule has 0 aliphatic heterocycles. The zero-order valence-corrected chi connectivity index (χ0v) is 16.9. The number of carbonyl (C=O) groups excluding carboxylic acids is 1. The molecule has 2 rings (SSSR count). The van der Waals surface area contributed by atoms with Crippen molar-refractivity contribution in [2.45, 2.75) is 76.5 Å². The summed E-state index contributed by atoms with van der Waals surface area (Å²) in [7, 11) is 0. The molecule has 4 N–H and O–H groups in total. The van der Waals surface area contributed by atoms with E-state index in [9.17, 15) is 18.7 Å². The van der Waals surface area contributed by atoms with Crippen molar-refractivity contribution >= 4 is 6.09 Å². The summed E-state index contributed by atoms with van der Waals surface area (Å²) in [6.45, 7) is 5.75. The average Bonchev–Trinajstić information content (AvgIpc) is 2.59. The van der Waals surface area contributed by atoms with E-state index >= 15 is 0 Å². The standard InChI is InChI=1S/C21H32F2N2O3/c1-19(2,3)21(28-18(24)27,13-15-7-5-4-6-8-15)17(26)14-25-16-9-11-20(22,23)12-10-16/h4-8,16-17,25-26H,9-14H2,1-3H3,(H2,24,27)/t17-,21-/m1/s1. The van der Waals surface area contributed by atoms with Crippen LogP contribution in [-0.4, -0.2) is 41.4 Å². The number of halogens is 2. The molecular formula is C21H32F2N2O3. The summed E-state index contributed by atoms with van der Waals surface area (Å²) in [4.78, 5) is 11.7. The van der Waals surface area contributed by atoms with Crippen LogP contribution < -0.4 is 11.1 Å². The van der Waals surface area contributed by atoms with E-state index in [1.54, 1.807) is 0 Å². The average molecular weight is 398 g/mol. The van der Waals surface area contributed by atoms with Crippen LogP contribution in [0.5, 0.6) is 0 Å². The van der Waals surface area contributed by atoms with Gasteiger partial charge in [0.1, 0.15) is 11.7 Å². The maximum atomic E-state index is 13.4. The summed E-state index contributed by atoms with van der Waals surface area (Å²) in [5.41, 5.74) is 4.36.